The van der Waals surface area contributed by atoms with Crippen LogP contribution in [0.1, 0.15) is 46.1 Å². The molecule has 1 N–H and O–H groups in total. The van der Waals surface area contributed by atoms with Crippen molar-refractivity contribution in [2.75, 3.05) is 26.2 Å². The molecule has 1 unspecified atom stereocenters. The standard InChI is InChI=1S/C22H35N3O2/c1-17(2)25(18(3)4)14-12-23-22(27)20-11-8-13-24(16-20)21(26)15-19-9-6-5-7-10-19/h5-7,9-10,17-18,20H,8,11-16H2,1-4H3,(H,23,27). The molecule has 1 heterocycles. The summed E-state index contributed by atoms with van der Waals surface area (Å²) >= 11 is 0. The predicted molar refractivity (Wildman–Crippen MR) is 109 cm³/mol. The molecule has 2 rings (SSSR count). The Morgan fingerprint density at radius 3 is 2.44 bits per heavy atom. The average molecular weight is 374 g/mol. The highest BCUT2D eigenvalue weighted by Gasteiger charge is 2.28. The van der Waals surface area contributed by atoms with Gasteiger partial charge in [-0.2, -0.15) is 0 Å². The van der Waals surface area contributed by atoms with E-state index in [9.17, 15) is 9.59 Å². The molecule has 2 amide bonds. The fourth-order valence-corrected chi connectivity index (χ4v) is 3.87. The van der Waals surface area contributed by atoms with E-state index in [-0.39, 0.29) is 17.7 Å². The van der Waals surface area contributed by atoms with Crippen molar-refractivity contribution in [3.8, 4) is 0 Å². The third-order valence-electron chi connectivity index (χ3n) is 5.34. The fraction of sp³-hybridized carbons (Fsp3) is 0.636. The lowest BCUT2D eigenvalue weighted by Gasteiger charge is -2.33. The van der Waals surface area contributed by atoms with Crippen LogP contribution >= 0.6 is 0 Å². The number of nitrogens with one attached hydrogen (secondary N) is 1. The van der Waals surface area contributed by atoms with Gasteiger partial charge in [0.15, 0.2) is 0 Å². The summed E-state index contributed by atoms with van der Waals surface area (Å²) in [5, 5.41) is 3.08. The number of piperidine rings is 1. The number of carbonyl (C=O) groups excluding carboxylic acids is 2. The highest BCUT2D eigenvalue weighted by molar-refractivity contribution is 5.82. The summed E-state index contributed by atoms with van der Waals surface area (Å²) in [6, 6.07) is 10.7. The number of hydrogen-bond donors (Lipinski definition) is 1. The first-order valence-electron chi connectivity index (χ1n) is 10.2. The van der Waals surface area contributed by atoms with Crippen LogP contribution in [0.15, 0.2) is 30.3 Å². The van der Waals surface area contributed by atoms with E-state index in [1.54, 1.807) is 0 Å². The Hall–Kier alpha value is -1.88. The maximum Gasteiger partial charge on any atom is 0.227 e. The Labute approximate surface area is 164 Å². The molecule has 0 aliphatic carbocycles. The summed E-state index contributed by atoms with van der Waals surface area (Å²) in [6.45, 7) is 11.5. The van der Waals surface area contributed by atoms with Gasteiger partial charge >= 0.3 is 0 Å². The van der Waals surface area contributed by atoms with Crippen molar-refractivity contribution in [3.05, 3.63) is 35.9 Å². The van der Waals surface area contributed by atoms with Gasteiger partial charge in [0, 0.05) is 38.3 Å². The van der Waals surface area contributed by atoms with Crippen molar-refractivity contribution in [3.63, 3.8) is 0 Å². The van der Waals surface area contributed by atoms with Gasteiger partial charge in [-0.25, -0.2) is 0 Å². The van der Waals surface area contributed by atoms with Crippen LogP contribution in [0.5, 0.6) is 0 Å². The zero-order valence-electron chi connectivity index (χ0n) is 17.3. The zero-order valence-corrected chi connectivity index (χ0v) is 17.3. The molecule has 0 aromatic heterocycles. The van der Waals surface area contributed by atoms with Crippen LogP contribution < -0.4 is 5.32 Å². The van der Waals surface area contributed by atoms with E-state index in [2.05, 4.69) is 37.9 Å². The van der Waals surface area contributed by atoms with E-state index >= 15 is 0 Å². The molecule has 5 heteroatoms. The lowest BCUT2D eigenvalue weighted by molar-refractivity contribution is -0.135. The van der Waals surface area contributed by atoms with E-state index in [0.29, 0.717) is 31.6 Å². The van der Waals surface area contributed by atoms with Gasteiger partial charge in [-0.1, -0.05) is 30.3 Å². The smallest absolute Gasteiger partial charge is 0.227 e. The third-order valence-corrected chi connectivity index (χ3v) is 5.34. The highest BCUT2D eigenvalue weighted by atomic mass is 16.2. The molecule has 1 saturated heterocycles. The summed E-state index contributed by atoms with van der Waals surface area (Å²) in [5.41, 5.74) is 1.02. The second kappa shape index (κ2) is 10.5. The average Bonchev–Trinajstić information content (AvgIpc) is 2.65. The van der Waals surface area contributed by atoms with Crippen LogP contribution in [-0.4, -0.2) is 59.9 Å². The predicted octanol–water partition coefficient (Wildman–Crippen LogP) is 2.70. The Kier molecular flexibility index (Phi) is 8.29. The first-order valence-corrected chi connectivity index (χ1v) is 10.2. The van der Waals surface area contributed by atoms with Crippen molar-refractivity contribution in [1.82, 2.24) is 15.1 Å². The van der Waals surface area contributed by atoms with Crippen LogP contribution in [0.3, 0.4) is 0 Å². The molecule has 1 aliphatic heterocycles. The summed E-state index contributed by atoms with van der Waals surface area (Å²) in [4.78, 5) is 29.4. The van der Waals surface area contributed by atoms with Crippen molar-refractivity contribution in [2.24, 2.45) is 5.92 Å². The summed E-state index contributed by atoms with van der Waals surface area (Å²) in [5.74, 6) is 0.106. The summed E-state index contributed by atoms with van der Waals surface area (Å²) < 4.78 is 0. The minimum Gasteiger partial charge on any atom is -0.355 e. The highest BCUT2D eigenvalue weighted by Crippen LogP contribution is 2.18. The molecule has 0 spiro atoms. The van der Waals surface area contributed by atoms with E-state index < -0.39 is 0 Å². The number of likely N-dealkylation sites (tertiary alicyclic amines) is 1. The topological polar surface area (TPSA) is 52.7 Å². The quantitative estimate of drug-likeness (QED) is 0.762. The molecule has 1 aromatic carbocycles. The fourth-order valence-electron chi connectivity index (χ4n) is 3.87. The summed E-state index contributed by atoms with van der Waals surface area (Å²) in [7, 11) is 0. The van der Waals surface area contributed by atoms with E-state index in [1.807, 2.05) is 35.2 Å². The minimum absolute atomic E-state index is 0.0830. The number of hydrogen-bond acceptors (Lipinski definition) is 3. The lowest BCUT2D eigenvalue weighted by Crippen LogP contribution is -2.48. The summed E-state index contributed by atoms with van der Waals surface area (Å²) in [6.07, 6.45) is 2.16. The van der Waals surface area contributed by atoms with E-state index in [0.717, 1.165) is 31.5 Å². The van der Waals surface area contributed by atoms with Crippen molar-refractivity contribution < 1.29 is 9.59 Å². The lowest BCUT2D eigenvalue weighted by atomic mass is 9.96. The minimum atomic E-state index is -0.0926. The van der Waals surface area contributed by atoms with E-state index in [1.165, 1.54) is 0 Å². The molecule has 1 aliphatic rings. The molecule has 150 valence electrons. The van der Waals surface area contributed by atoms with Crippen LogP contribution in [0.4, 0.5) is 0 Å². The third kappa shape index (κ3) is 6.65. The van der Waals surface area contributed by atoms with Crippen LogP contribution in [0, 0.1) is 5.92 Å². The van der Waals surface area contributed by atoms with Gasteiger partial charge in [0.05, 0.1) is 12.3 Å². The molecule has 0 radical (unpaired) electrons. The Bertz CT molecular complexity index is 593. The maximum absolute atomic E-state index is 12.6. The molecule has 1 aromatic rings. The molecule has 27 heavy (non-hydrogen) atoms. The second-order valence-electron chi connectivity index (χ2n) is 8.06. The van der Waals surface area contributed by atoms with Gasteiger partial charge in [-0.15, -0.1) is 0 Å². The van der Waals surface area contributed by atoms with Gasteiger partial charge in [0.1, 0.15) is 0 Å². The second-order valence-corrected chi connectivity index (χ2v) is 8.06. The molecule has 1 fully saturated rings. The largest absolute Gasteiger partial charge is 0.355 e. The van der Waals surface area contributed by atoms with Crippen molar-refractivity contribution in [1.29, 1.82) is 0 Å². The van der Waals surface area contributed by atoms with Gasteiger partial charge in [-0.05, 0) is 46.1 Å². The zero-order chi connectivity index (χ0) is 19.8. The first kappa shape index (κ1) is 21.4. The molecular weight excluding hydrogens is 338 g/mol. The van der Waals surface area contributed by atoms with Gasteiger partial charge in [0.25, 0.3) is 0 Å². The number of benzene rings is 1. The molecule has 1 atom stereocenters. The number of carbonyl (C=O) groups is 2. The molecule has 0 saturated carbocycles. The Morgan fingerprint density at radius 1 is 1.15 bits per heavy atom. The van der Waals surface area contributed by atoms with Crippen molar-refractivity contribution >= 4 is 11.8 Å². The Morgan fingerprint density at radius 2 is 1.81 bits per heavy atom. The molecule has 5 nitrogen and oxygen atoms in total. The van der Waals surface area contributed by atoms with Gasteiger partial charge < -0.3 is 10.2 Å². The van der Waals surface area contributed by atoms with Gasteiger partial charge in [0.2, 0.25) is 11.8 Å². The first-order chi connectivity index (χ1) is 12.9. The number of rotatable bonds is 8. The molecular formula is C22H35N3O2. The van der Waals surface area contributed by atoms with Crippen LogP contribution in [0.2, 0.25) is 0 Å². The van der Waals surface area contributed by atoms with Crippen molar-refractivity contribution in [2.45, 2.75) is 59.0 Å². The number of amides is 2. The van der Waals surface area contributed by atoms with Crippen LogP contribution in [-0.2, 0) is 16.0 Å². The molecule has 0 bridgehead atoms. The number of nitrogens with zero attached hydrogens (tertiary/aromatic N) is 2. The maximum atomic E-state index is 12.6. The monoisotopic (exact) mass is 373 g/mol. The Balaban J connectivity index is 1.80. The van der Waals surface area contributed by atoms with E-state index in [4.69, 9.17) is 0 Å². The van der Waals surface area contributed by atoms with Crippen LogP contribution in [0.25, 0.3) is 0 Å². The van der Waals surface area contributed by atoms with Gasteiger partial charge in [-0.3, -0.25) is 14.5 Å². The normalized spacial score (nSPS) is 17.6. The SMILES string of the molecule is CC(C)N(CCNC(=O)C1CCCN(C(=O)Cc2ccccc2)C1)C(C)C.